The van der Waals surface area contributed by atoms with Gasteiger partial charge in [-0.25, -0.2) is 8.78 Å². The summed E-state index contributed by atoms with van der Waals surface area (Å²) in [4.78, 5) is 13.0. The molecule has 0 radical (unpaired) electrons. The quantitative estimate of drug-likeness (QED) is 0.378. The van der Waals surface area contributed by atoms with Crippen molar-refractivity contribution in [2.24, 2.45) is 0 Å². The molecule has 2 aromatic carbocycles. The molecule has 1 heterocycles. The Balaban J connectivity index is 1.51. The number of aliphatic hydroxyl groups is 1. The van der Waals surface area contributed by atoms with Crippen LogP contribution in [0.15, 0.2) is 36.4 Å². The van der Waals surface area contributed by atoms with Gasteiger partial charge in [0, 0.05) is 19.0 Å². The van der Waals surface area contributed by atoms with Crippen LogP contribution in [-0.2, 0) is 22.4 Å². The normalized spacial score (nSPS) is 18.0. The maximum Gasteiger partial charge on any atom is 0.303 e. The number of unbranched alkanes of at least 4 members (excludes halogenated alkanes) is 1. The van der Waals surface area contributed by atoms with E-state index in [0.29, 0.717) is 31.4 Å². The Morgan fingerprint density at radius 3 is 2.74 bits per heavy atom. The number of ether oxygens (including phenoxy) is 1. The van der Waals surface area contributed by atoms with Crippen molar-refractivity contribution >= 4 is 5.97 Å². The van der Waals surface area contributed by atoms with Crippen LogP contribution < -0.4 is 0 Å². The number of aliphatic carboxylic acids is 1. The van der Waals surface area contributed by atoms with Gasteiger partial charge in [-0.3, -0.25) is 9.69 Å². The van der Waals surface area contributed by atoms with Gasteiger partial charge in [-0.05, 0) is 99.4 Å². The van der Waals surface area contributed by atoms with Crippen molar-refractivity contribution in [3.63, 3.8) is 0 Å². The van der Waals surface area contributed by atoms with Gasteiger partial charge in [0.2, 0.25) is 0 Å². The minimum Gasteiger partial charge on any atom is -0.481 e. The molecule has 1 saturated heterocycles. The summed E-state index contributed by atoms with van der Waals surface area (Å²) >= 11 is 0. The second-order valence-electron chi connectivity index (χ2n) is 9.65. The standard InChI is InChI=1S/C28H37F2NO4/c1-19-9-10-21(15-27(19)30)14-24-7-5-13-31(24)17-25(32)18-35-20(2)26-16-23(29)12-11-22(26)6-3-4-8-28(33)34/h9-12,15-16,20,24-25,32H,3-8,13-14,17-18H2,1-2H3,(H,33,34)/t20-,24+,25-/m1/s1. The molecule has 35 heavy (non-hydrogen) atoms. The number of hydrogen-bond donors (Lipinski definition) is 2. The van der Waals surface area contributed by atoms with Gasteiger partial charge in [-0.1, -0.05) is 18.2 Å². The second-order valence-corrected chi connectivity index (χ2v) is 9.65. The molecule has 3 atom stereocenters. The highest BCUT2D eigenvalue weighted by atomic mass is 19.1. The molecule has 3 rings (SSSR count). The van der Waals surface area contributed by atoms with E-state index in [1.807, 2.05) is 13.0 Å². The highest BCUT2D eigenvalue weighted by Crippen LogP contribution is 2.26. The van der Waals surface area contributed by atoms with Crippen LogP contribution in [0, 0.1) is 18.6 Å². The van der Waals surface area contributed by atoms with Gasteiger partial charge >= 0.3 is 5.97 Å². The number of halogens is 2. The summed E-state index contributed by atoms with van der Waals surface area (Å²) in [7, 11) is 0. The van der Waals surface area contributed by atoms with Crippen LogP contribution in [-0.4, -0.2) is 52.9 Å². The number of β-amino-alcohol motifs (C(OH)–C–C–N with tert-alkyl or cyclic N) is 1. The Bertz CT molecular complexity index is 983. The Kier molecular flexibility index (Phi) is 10.2. The minimum absolute atomic E-state index is 0.116. The fourth-order valence-electron chi connectivity index (χ4n) is 4.83. The monoisotopic (exact) mass is 489 g/mol. The molecule has 0 spiro atoms. The molecule has 0 bridgehead atoms. The summed E-state index contributed by atoms with van der Waals surface area (Å²) in [5, 5.41) is 19.5. The van der Waals surface area contributed by atoms with Gasteiger partial charge < -0.3 is 14.9 Å². The second kappa shape index (κ2) is 13.1. The van der Waals surface area contributed by atoms with E-state index in [0.717, 1.165) is 42.5 Å². The van der Waals surface area contributed by atoms with Crippen LogP contribution in [0.4, 0.5) is 8.78 Å². The maximum atomic E-state index is 13.9. The molecule has 1 aliphatic rings. The van der Waals surface area contributed by atoms with Crippen LogP contribution in [0.25, 0.3) is 0 Å². The molecule has 2 aromatic rings. The van der Waals surface area contributed by atoms with Crippen LogP contribution in [0.1, 0.15) is 67.4 Å². The van der Waals surface area contributed by atoms with Crippen LogP contribution in [0.5, 0.6) is 0 Å². The molecule has 192 valence electrons. The number of carboxylic acids is 1. The average Bonchev–Trinajstić information content (AvgIpc) is 3.24. The van der Waals surface area contributed by atoms with Gasteiger partial charge in [0.15, 0.2) is 0 Å². The lowest BCUT2D eigenvalue weighted by atomic mass is 9.98. The minimum atomic E-state index is -0.818. The van der Waals surface area contributed by atoms with Crippen molar-refractivity contribution in [1.82, 2.24) is 4.90 Å². The smallest absolute Gasteiger partial charge is 0.303 e. The van der Waals surface area contributed by atoms with E-state index in [1.165, 1.54) is 12.1 Å². The van der Waals surface area contributed by atoms with E-state index in [4.69, 9.17) is 9.84 Å². The lowest BCUT2D eigenvalue weighted by molar-refractivity contribution is -0.137. The molecule has 1 aliphatic heterocycles. The molecule has 0 aliphatic carbocycles. The number of likely N-dealkylation sites (tertiary alicyclic amines) is 1. The van der Waals surface area contributed by atoms with E-state index in [-0.39, 0.29) is 30.7 Å². The zero-order valence-corrected chi connectivity index (χ0v) is 20.7. The SMILES string of the molecule is Cc1ccc(C[C@@H]2CCCN2C[C@@H](O)CO[C@H](C)c2cc(F)ccc2CCCCC(=O)O)cc1F. The van der Waals surface area contributed by atoms with Crippen molar-refractivity contribution in [1.29, 1.82) is 0 Å². The fraction of sp³-hybridized carbons (Fsp3) is 0.536. The molecule has 5 nitrogen and oxygen atoms in total. The van der Waals surface area contributed by atoms with Crippen molar-refractivity contribution in [2.75, 3.05) is 19.7 Å². The summed E-state index contributed by atoms with van der Waals surface area (Å²) in [6.45, 7) is 5.07. The first-order chi connectivity index (χ1) is 16.7. The molecular formula is C28H37F2NO4. The van der Waals surface area contributed by atoms with E-state index in [1.54, 1.807) is 25.1 Å². The van der Waals surface area contributed by atoms with E-state index < -0.39 is 18.2 Å². The first kappa shape index (κ1) is 27.2. The van der Waals surface area contributed by atoms with Crippen LogP contribution in [0.2, 0.25) is 0 Å². The number of rotatable bonds is 13. The zero-order chi connectivity index (χ0) is 25.4. The molecular weight excluding hydrogens is 452 g/mol. The number of aryl methyl sites for hydroxylation is 2. The summed E-state index contributed by atoms with van der Waals surface area (Å²) in [5.41, 5.74) is 3.27. The predicted octanol–water partition coefficient (Wildman–Crippen LogP) is 5.22. The number of aliphatic hydroxyl groups excluding tert-OH is 1. The fourth-order valence-corrected chi connectivity index (χ4v) is 4.83. The molecule has 1 fully saturated rings. The maximum absolute atomic E-state index is 13.9. The molecule has 0 aromatic heterocycles. The third-order valence-corrected chi connectivity index (χ3v) is 6.82. The number of carboxylic acid groups (broad SMARTS) is 1. The molecule has 0 saturated carbocycles. The molecule has 2 N–H and O–H groups in total. The van der Waals surface area contributed by atoms with Crippen LogP contribution >= 0.6 is 0 Å². The Morgan fingerprint density at radius 2 is 2.00 bits per heavy atom. The first-order valence-corrected chi connectivity index (χ1v) is 12.5. The van der Waals surface area contributed by atoms with Gasteiger partial charge in [0.1, 0.15) is 11.6 Å². The first-order valence-electron chi connectivity index (χ1n) is 12.5. The summed E-state index contributed by atoms with van der Waals surface area (Å²) < 4.78 is 33.8. The molecule has 0 unspecified atom stereocenters. The largest absolute Gasteiger partial charge is 0.481 e. The van der Waals surface area contributed by atoms with Crippen molar-refractivity contribution in [2.45, 2.75) is 77.0 Å². The van der Waals surface area contributed by atoms with Gasteiger partial charge in [0.05, 0.1) is 18.8 Å². The zero-order valence-electron chi connectivity index (χ0n) is 20.7. The average molecular weight is 490 g/mol. The van der Waals surface area contributed by atoms with E-state index in [2.05, 4.69) is 4.90 Å². The van der Waals surface area contributed by atoms with Gasteiger partial charge in [0.25, 0.3) is 0 Å². The Morgan fingerprint density at radius 1 is 1.20 bits per heavy atom. The van der Waals surface area contributed by atoms with Gasteiger partial charge in [-0.15, -0.1) is 0 Å². The Hall–Kier alpha value is -2.35. The summed E-state index contributed by atoms with van der Waals surface area (Å²) in [5.74, 6) is -1.35. The lowest BCUT2D eigenvalue weighted by Crippen LogP contribution is -2.39. The van der Waals surface area contributed by atoms with E-state index in [9.17, 15) is 18.7 Å². The van der Waals surface area contributed by atoms with E-state index >= 15 is 0 Å². The predicted molar refractivity (Wildman–Crippen MR) is 131 cm³/mol. The number of benzene rings is 2. The molecule has 0 amide bonds. The number of carbonyl (C=O) groups is 1. The van der Waals surface area contributed by atoms with Crippen molar-refractivity contribution in [3.8, 4) is 0 Å². The highest BCUT2D eigenvalue weighted by Gasteiger charge is 2.27. The highest BCUT2D eigenvalue weighted by molar-refractivity contribution is 5.66. The lowest BCUT2D eigenvalue weighted by Gasteiger charge is -2.28. The summed E-state index contributed by atoms with van der Waals surface area (Å²) in [6.07, 6.45) is 3.72. The van der Waals surface area contributed by atoms with Crippen molar-refractivity contribution in [3.05, 3.63) is 70.3 Å². The van der Waals surface area contributed by atoms with Crippen LogP contribution in [0.3, 0.4) is 0 Å². The summed E-state index contributed by atoms with van der Waals surface area (Å²) in [6, 6.07) is 10.2. The Labute approximate surface area is 206 Å². The number of hydrogen-bond acceptors (Lipinski definition) is 4. The third kappa shape index (κ3) is 8.37. The number of nitrogens with zero attached hydrogens (tertiary/aromatic N) is 1. The van der Waals surface area contributed by atoms with Crippen molar-refractivity contribution < 1.29 is 28.5 Å². The van der Waals surface area contributed by atoms with Gasteiger partial charge in [-0.2, -0.15) is 0 Å². The topological polar surface area (TPSA) is 70.0 Å². The third-order valence-electron chi connectivity index (χ3n) is 6.82. The molecule has 7 heteroatoms.